The zero-order chi connectivity index (χ0) is 19.9. The number of imide groups is 1. The molecule has 0 atom stereocenters. The van der Waals surface area contributed by atoms with Gasteiger partial charge < -0.3 is 10.2 Å². The van der Waals surface area contributed by atoms with Crippen molar-refractivity contribution < 1.29 is 14.4 Å². The SMILES string of the molecule is CC1(C)NC(=O)N(CC(=O)N2CCc3nc(-c4ccccc4)nn3CC2)C1=O. The molecule has 0 bridgehead atoms. The van der Waals surface area contributed by atoms with E-state index in [9.17, 15) is 14.4 Å². The molecule has 4 amide bonds. The van der Waals surface area contributed by atoms with E-state index in [0.717, 1.165) is 16.3 Å². The molecule has 0 spiro atoms. The molecule has 3 heterocycles. The van der Waals surface area contributed by atoms with E-state index in [2.05, 4.69) is 15.4 Å². The maximum atomic E-state index is 12.7. The first-order valence-electron chi connectivity index (χ1n) is 9.26. The van der Waals surface area contributed by atoms with Crippen molar-refractivity contribution in [2.24, 2.45) is 0 Å². The first kappa shape index (κ1) is 18.1. The molecule has 4 rings (SSSR count). The molecule has 0 aliphatic carbocycles. The molecule has 1 saturated heterocycles. The van der Waals surface area contributed by atoms with Crippen LogP contribution >= 0.6 is 0 Å². The van der Waals surface area contributed by atoms with Crippen molar-refractivity contribution in [3.63, 3.8) is 0 Å². The predicted molar refractivity (Wildman–Crippen MR) is 100 cm³/mol. The van der Waals surface area contributed by atoms with Crippen LogP contribution in [0.1, 0.15) is 19.7 Å². The van der Waals surface area contributed by atoms with E-state index in [1.807, 2.05) is 35.0 Å². The highest BCUT2D eigenvalue weighted by atomic mass is 16.2. The van der Waals surface area contributed by atoms with Gasteiger partial charge in [0.1, 0.15) is 17.9 Å². The van der Waals surface area contributed by atoms with Gasteiger partial charge in [-0.3, -0.25) is 14.5 Å². The number of amides is 4. The number of carbonyl (C=O) groups excluding carboxylic acids is 3. The Kier molecular flexibility index (Phi) is 4.37. The zero-order valence-corrected chi connectivity index (χ0v) is 15.9. The van der Waals surface area contributed by atoms with Gasteiger partial charge in [-0.2, -0.15) is 5.10 Å². The second kappa shape index (κ2) is 6.74. The Bertz CT molecular complexity index is 911. The highest BCUT2D eigenvalue weighted by molar-refractivity contribution is 6.08. The Labute approximate surface area is 162 Å². The summed E-state index contributed by atoms with van der Waals surface area (Å²) < 4.78 is 1.83. The summed E-state index contributed by atoms with van der Waals surface area (Å²) >= 11 is 0. The number of benzene rings is 1. The Morgan fingerprint density at radius 3 is 2.57 bits per heavy atom. The number of rotatable bonds is 3. The van der Waals surface area contributed by atoms with Crippen LogP contribution in [-0.2, 0) is 22.6 Å². The predicted octanol–water partition coefficient (Wildman–Crippen LogP) is 0.660. The number of fused-ring (bicyclic) bond motifs is 1. The van der Waals surface area contributed by atoms with Crippen molar-refractivity contribution >= 4 is 17.8 Å². The Morgan fingerprint density at radius 1 is 1.14 bits per heavy atom. The molecule has 2 aromatic rings. The quantitative estimate of drug-likeness (QED) is 0.786. The normalized spacial score (nSPS) is 18.6. The molecule has 146 valence electrons. The van der Waals surface area contributed by atoms with E-state index >= 15 is 0 Å². The van der Waals surface area contributed by atoms with E-state index in [1.165, 1.54) is 0 Å². The fraction of sp³-hybridized carbons (Fsp3) is 0.421. The minimum Gasteiger partial charge on any atom is -0.339 e. The number of aromatic nitrogens is 3. The van der Waals surface area contributed by atoms with Crippen LogP contribution in [0.5, 0.6) is 0 Å². The van der Waals surface area contributed by atoms with E-state index in [-0.39, 0.29) is 18.4 Å². The third-order valence-corrected chi connectivity index (χ3v) is 5.06. The fourth-order valence-electron chi connectivity index (χ4n) is 3.46. The lowest BCUT2D eigenvalue weighted by atomic mass is 10.1. The van der Waals surface area contributed by atoms with Gasteiger partial charge in [-0.25, -0.2) is 14.5 Å². The van der Waals surface area contributed by atoms with Crippen molar-refractivity contribution in [3.05, 3.63) is 36.2 Å². The lowest BCUT2D eigenvalue weighted by Crippen LogP contribution is -2.45. The standard InChI is InChI=1S/C19H22N6O3/c1-19(2)17(27)24(18(28)21-19)12-15(26)23-9-8-14-20-16(22-25(14)11-10-23)13-6-4-3-5-7-13/h3-7H,8-12H2,1-2H3,(H,21,28). The summed E-state index contributed by atoms with van der Waals surface area (Å²) in [5, 5.41) is 7.15. The molecule has 0 radical (unpaired) electrons. The molecule has 2 aliphatic rings. The van der Waals surface area contributed by atoms with E-state index < -0.39 is 11.6 Å². The number of nitrogens with zero attached hydrogens (tertiary/aromatic N) is 5. The number of hydrogen-bond donors (Lipinski definition) is 1. The number of carbonyl (C=O) groups is 3. The van der Waals surface area contributed by atoms with Crippen molar-refractivity contribution in [2.45, 2.75) is 32.4 Å². The third-order valence-electron chi connectivity index (χ3n) is 5.06. The van der Waals surface area contributed by atoms with Crippen LogP contribution in [-0.4, -0.2) is 67.6 Å². The number of hydrogen-bond acceptors (Lipinski definition) is 5. The number of urea groups is 1. The summed E-state index contributed by atoms with van der Waals surface area (Å²) in [4.78, 5) is 44.2. The van der Waals surface area contributed by atoms with Crippen LogP contribution < -0.4 is 5.32 Å². The van der Waals surface area contributed by atoms with Gasteiger partial charge in [0.05, 0.1) is 6.54 Å². The summed E-state index contributed by atoms with van der Waals surface area (Å²) in [6.45, 7) is 4.44. The van der Waals surface area contributed by atoms with Crippen LogP contribution in [0.25, 0.3) is 11.4 Å². The van der Waals surface area contributed by atoms with Crippen molar-refractivity contribution in [1.82, 2.24) is 29.9 Å². The van der Waals surface area contributed by atoms with Crippen molar-refractivity contribution in [2.75, 3.05) is 19.6 Å². The molecule has 1 aromatic carbocycles. The minimum atomic E-state index is -0.976. The molecular weight excluding hydrogens is 360 g/mol. The van der Waals surface area contributed by atoms with Gasteiger partial charge >= 0.3 is 6.03 Å². The first-order valence-corrected chi connectivity index (χ1v) is 9.26. The summed E-state index contributed by atoms with van der Waals surface area (Å²) in [7, 11) is 0. The van der Waals surface area contributed by atoms with Gasteiger partial charge in [-0.15, -0.1) is 0 Å². The van der Waals surface area contributed by atoms with Gasteiger partial charge in [-0.05, 0) is 13.8 Å². The number of nitrogens with one attached hydrogen (secondary N) is 1. The molecule has 2 aliphatic heterocycles. The van der Waals surface area contributed by atoms with Crippen LogP contribution in [0.4, 0.5) is 4.79 Å². The smallest absolute Gasteiger partial charge is 0.325 e. The fourth-order valence-corrected chi connectivity index (χ4v) is 3.46. The minimum absolute atomic E-state index is 0.251. The summed E-state index contributed by atoms with van der Waals surface area (Å²) in [6, 6.07) is 9.23. The lowest BCUT2D eigenvalue weighted by molar-refractivity contribution is -0.138. The average molecular weight is 382 g/mol. The summed E-state index contributed by atoms with van der Waals surface area (Å²) in [6.07, 6.45) is 0.567. The lowest BCUT2D eigenvalue weighted by Gasteiger charge is -2.22. The molecule has 0 saturated carbocycles. The monoisotopic (exact) mass is 382 g/mol. The molecule has 1 fully saturated rings. The van der Waals surface area contributed by atoms with Gasteiger partial charge in [0.15, 0.2) is 5.82 Å². The molecule has 28 heavy (non-hydrogen) atoms. The zero-order valence-electron chi connectivity index (χ0n) is 15.9. The largest absolute Gasteiger partial charge is 0.339 e. The van der Waals surface area contributed by atoms with Gasteiger partial charge in [0.2, 0.25) is 5.91 Å². The van der Waals surface area contributed by atoms with Crippen molar-refractivity contribution in [1.29, 1.82) is 0 Å². The molecule has 1 N–H and O–H groups in total. The summed E-state index contributed by atoms with van der Waals surface area (Å²) in [5.74, 6) is 0.861. The van der Waals surface area contributed by atoms with Crippen molar-refractivity contribution in [3.8, 4) is 11.4 Å². The van der Waals surface area contributed by atoms with E-state index in [4.69, 9.17) is 0 Å². The van der Waals surface area contributed by atoms with Crippen LogP contribution in [0.3, 0.4) is 0 Å². The Balaban J connectivity index is 1.42. The topological polar surface area (TPSA) is 100 Å². The molecule has 9 heteroatoms. The van der Waals surface area contributed by atoms with Gasteiger partial charge in [-0.1, -0.05) is 30.3 Å². The van der Waals surface area contributed by atoms with E-state index in [0.29, 0.717) is 31.9 Å². The summed E-state index contributed by atoms with van der Waals surface area (Å²) in [5.41, 5.74) is -0.0203. The van der Waals surface area contributed by atoms with Gasteiger partial charge in [0.25, 0.3) is 5.91 Å². The second-order valence-electron chi connectivity index (χ2n) is 7.52. The van der Waals surface area contributed by atoms with Crippen LogP contribution in [0, 0.1) is 0 Å². The third kappa shape index (κ3) is 3.23. The second-order valence-corrected chi connectivity index (χ2v) is 7.52. The molecule has 1 aromatic heterocycles. The average Bonchev–Trinajstić information content (AvgIpc) is 3.08. The molecule has 9 nitrogen and oxygen atoms in total. The van der Waals surface area contributed by atoms with Crippen LogP contribution in [0.15, 0.2) is 30.3 Å². The maximum Gasteiger partial charge on any atom is 0.325 e. The van der Waals surface area contributed by atoms with Crippen LogP contribution in [0.2, 0.25) is 0 Å². The molecular formula is C19H22N6O3. The first-order chi connectivity index (χ1) is 13.3. The Morgan fingerprint density at radius 2 is 1.89 bits per heavy atom. The van der Waals surface area contributed by atoms with Gasteiger partial charge in [0, 0.05) is 25.1 Å². The maximum absolute atomic E-state index is 12.7. The highest BCUT2D eigenvalue weighted by Crippen LogP contribution is 2.19. The van der Waals surface area contributed by atoms with E-state index in [1.54, 1.807) is 18.7 Å². The molecule has 0 unspecified atom stereocenters. The Hall–Kier alpha value is -3.23. The highest BCUT2D eigenvalue weighted by Gasteiger charge is 2.45.